The van der Waals surface area contributed by atoms with Crippen LogP contribution in [0.25, 0.3) is 0 Å². The standard InChI is InChI=1S/C22H25Cl2N3O3S/c23-21(24)22(28)25-16-10-11-19(27-12-3-4-13-27)20(14-16)31(29,30)26-18-9-5-7-15-6-1-2-8-17(15)18/h1-2,6,8,10-11,14,18,21,26H,3-5,7,9,12-13H2,(H,25,28). The molecule has 1 atom stereocenters. The van der Waals surface area contributed by atoms with Gasteiger partial charge in [-0.1, -0.05) is 47.5 Å². The van der Waals surface area contributed by atoms with E-state index in [-0.39, 0.29) is 10.9 Å². The Kier molecular flexibility index (Phi) is 6.77. The van der Waals surface area contributed by atoms with E-state index in [0.29, 0.717) is 11.4 Å². The molecule has 31 heavy (non-hydrogen) atoms. The molecule has 1 amide bonds. The lowest BCUT2D eigenvalue weighted by molar-refractivity contribution is -0.114. The van der Waals surface area contributed by atoms with E-state index in [4.69, 9.17) is 23.2 Å². The molecular formula is C22H25Cl2N3O3S. The fourth-order valence-corrected chi connectivity index (χ4v) is 5.96. The predicted octanol–water partition coefficient (Wildman–Crippen LogP) is 4.38. The van der Waals surface area contributed by atoms with Crippen LogP contribution < -0.4 is 14.9 Å². The Morgan fingerprint density at radius 2 is 1.81 bits per heavy atom. The van der Waals surface area contributed by atoms with Crippen LogP contribution in [0.1, 0.15) is 42.9 Å². The first kappa shape index (κ1) is 22.4. The minimum Gasteiger partial charge on any atom is -0.370 e. The van der Waals surface area contributed by atoms with E-state index >= 15 is 0 Å². The van der Waals surface area contributed by atoms with Crippen molar-refractivity contribution < 1.29 is 13.2 Å². The first-order valence-corrected chi connectivity index (χ1v) is 12.8. The zero-order valence-electron chi connectivity index (χ0n) is 17.0. The average molecular weight is 482 g/mol. The third-order valence-electron chi connectivity index (χ3n) is 5.83. The number of hydrogen-bond acceptors (Lipinski definition) is 4. The van der Waals surface area contributed by atoms with Gasteiger partial charge >= 0.3 is 0 Å². The van der Waals surface area contributed by atoms with Gasteiger partial charge in [-0.2, -0.15) is 0 Å². The summed E-state index contributed by atoms with van der Waals surface area (Å²) in [5.74, 6) is -0.602. The van der Waals surface area contributed by atoms with Gasteiger partial charge in [0.2, 0.25) is 10.0 Å². The fraction of sp³-hybridized carbons (Fsp3) is 0.409. The van der Waals surface area contributed by atoms with Gasteiger partial charge in [-0.3, -0.25) is 4.79 Å². The Balaban J connectivity index is 1.69. The van der Waals surface area contributed by atoms with E-state index in [0.717, 1.165) is 50.8 Å². The molecule has 9 heteroatoms. The van der Waals surface area contributed by atoms with E-state index < -0.39 is 20.8 Å². The molecule has 166 valence electrons. The van der Waals surface area contributed by atoms with Crippen LogP contribution in [0.5, 0.6) is 0 Å². The summed E-state index contributed by atoms with van der Waals surface area (Å²) in [4.78, 5) is 12.9. The zero-order chi connectivity index (χ0) is 22.0. The molecule has 0 radical (unpaired) electrons. The van der Waals surface area contributed by atoms with E-state index in [1.54, 1.807) is 12.1 Å². The number of alkyl halides is 2. The topological polar surface area (TPSA) is 78.5 Å². The van der Waals surface area contributed by atoms with Crippen LogP contribution in [0.3, 0.4) is 0 Å². The van der Waals surface area contributed by atoms with Crippen molar-refractivity contribution in [3.8, 4) is 0 Å². The maximum absolute atomic E-state index is 13.6. The minimum atomic E-state index is -3.86. The molecule has 2 aliphatic rings. The number of amides is 1. The van der Waals surface area contributed by atoms with Crippen LogP contribution in [0, 0.1) is 0 Å². The third kappa shape index (κ3) is 5.00. The molecule has 0 aromatic heterocycles. The summed E-state index contributed by atoms with van der Waals surface area (Å²) in [5, 5.41) is 2.58. The number of aryl methyl sites for hydroxylation is 1. The second-order valence-corrected chi connectivity index (χ2v) is 10.7. The second-order valence-electron chi connectivity index (χ2n) is 7.93. The summed E-state index contributed by atoms with van der Waals surface area (Å²) in [5.41, 5.74) is 3.18. The summed E-state index contributed by atoms with van der Waals surface area (Å²) in [6.45, 7) is 1.60. The quantitative estimate of drug-likeness (QED) is 0.599. The average Bonchev–Trinajstić information content (AvgIpc) is 3.28. The Bertz CT molecular complexity index is 1070. The van der Waals surface area contributed by atoms with Gasteiger partial charge in [-0.15, -0.1) is 0 Å². The van der Waals surface area contributed by atoms with Crippen molar-refractivity contribution in [2.24, 2.45) is 0 Å². The SMILES string of the molecule is O=C(Nc1ccc(N2CCCC2)c(S(=O)(=O)NC2CCCc3ccccc32)c1)C(Cl)Cl. The van der Waals surface area contributed by atoms with Crippen molar-refractivity contribution in [1.29, 1.82) is 0 Å². The van der Waals surface area contributed by atoms with Gasteiger partial charge in [0.25, 0.3) is 5.91 Å². The van der Waals surface area contributed by atoms with Gasteiger partial charge in [0.1, 0.15) is 4.90 Å². The lowest BCUT2D eigenvalue weighted by atomic mass is 9.88. The predicted molar refractivity (Wildman–Crippen MR) is 124 cm³/mol. The molecular weight excluding hydrogens is 457 g/mol. The van der Waals surface area contributed by atoms with E-state index in [1.165, 1.54) is 11.6 Å². The second kappa shape index (κ2) is 9.36. The van der Waals surface area contributed by atoms with Crippen molar-refractivity contribution in [2.75, 3.05) is 23.3 Å². The van der Waals surface area contributed by atoms with Crippen molar-refractivity contribution in [2.45, 2.75) is 47.9 Å². The lowest BCUT2D eigenvalue weighted by Crippen LogP contribution is -2.32. The van der Waals surface area contributed by atoms with Crippen molar-refractivity contribution in [3.63, 3.8) is 0 Å². The van der Waals surface area contributed by atoms with Crippen molar-refractivity contribution in [3.05, 3.63) is 53.6 Å². The maximum atomic E-state index is 13.6. The molecule has 1 saturated heterocycles. The molecule has 1 heterocycles. The molecule has 0 spiro atoms. The molecule has 6 nitrogen and oxygen atoms in total. The molecule has 0 saturated carbocycles. The Morgan fingerprint density at radius 1 is 1.06 bits per heavy atom. The van der Waals surface area contributed by atoms with Crippen LogP contribution in [-0.4, -0.2) is 32.3 Å². The van der Waals surface area contributed by atoms with E-state index in [1.807, 2.05) is 18.2 Å². The minimum absolute atomic E-state index is 0.149. The van der Waals surface area contributed by atoms with Crippen LogP contribution in [0.4, 0.5) is 11.4 Å². The number of carbonyl (C=O) groups is 1. The molecule has 1 aliphatic carbocycles. The molecule has 4 rings (SSSR count). The van der Waals surface area contributed by atoms with Crippen LogP contribution in [0.15, 0.2) is 47.4 Å². The molecule has 2 aromatic carbocycles. The van der Waals surface area contributed by atoms with Gasteiger partial charge in [-0.05, 0) is 61.4 Å². The number of rotatable bonds is 6. The van der Waals surface area contributed by atoms with Gasteiger partial charge in [0.05, 0.1) is 5.69 Å². The molecule has 2 aromatic rings. The molecule has 1 unspecified atom stereocenters. The lowest BCUT2D eigenvalue weighted by Gasteiger charge is -2.28. The normalized spacial score (nSPS) is 18.8. The number of anilines is 2. The number of hydrogen-bond donors (Lipinski definition) is 2. The van der Waals surface area contributed by atoms with E-state index in [2.05, 4.69) is 21.0 Å². The molecule has 1 fully saturated rings. The van der Waals surface area contributed by atoms with Crippen LogP contribution in [0.2, 0.25) is 0 Å². The summed E-state index contributed by atoms with van der Waals surface area (Å²) < 4.78 is 30.0. The summed E-state index contributed by atoms with van der Waals surface area (Å²) in [6.07, 6.45) is 4.65. The number of carbonyl (C=O) groups excluding carboxylic acids is 1. The highest BCUT2D eigenvalue weighted by Crippen LogP contribution is 2.35. The highest BCUT2D eigenvalue weighted by atomic mass is 35.5. The van der Waals surface area contributed by atoms with E-state index in [9.17, 15) is 13.2 Å². The number of benzene rings is 2. The Hall–Kier alpha value is -1.80. The van der Waals surface area contributed by atoms with Crippen LogP contribution >= 0.6 is 23.2 Å². The zero-order valence-corrected chi connectivity index (χ0v) is 19.3. The summed E-state index contributed by atoms with van der Waals surface area (Å²) in [6, 6.07) is 12.6. The first-order valence-electron chi connectivity index (χ1n) is 10.4. The monoisotopic (exact) mass is 481 g/mol. The third-order valence-corrected chi connectivity index (χ3v) is 7.73. The van der Waals surface area contributed by atoms with Crippen LogP contribution in [-0.2, 0) is 21.2 Å². The number of nitrogens with zero attached hydrogens (tertiary/aromatic N) is 1. The van der Waals surface area contributed by atoms with Gasteiger partial charge in [0.15, 0.2) is 4.84 Å². The number of nitrogens with one attached hydrogen (secondary N) is 2. The Labute approximate surface area is 193 Å². The molecule has 0 bridgehead atoms. The Morgan fingerprint density at radius 3 is 2.55 bits per heavy atom. The van der Waals surface area contributed by atoms with Gasteiger partial charge in [0, 0.05) is 24.8 Å². The number of halogens is 2. The highest BCUT2D eigenvalue weighted by molar-refractivity contribution is 7.89. The number of fused-ring (bicyclic) bond motifs is 1. The first-order chi connectivity index (χ1) is 14.8. The van der Waals surface area contributed by atoms with Crippen molar-refractivity contribution >= 4 is 50.5 Å². The summed E-state index contributed by atoms with van der Waals surface area (Å²) >= 11 is 11.3. The molecule has 2 N–H and O–H groups in total. The fourth-order valence-electron chi connectivity index (χ4n) is 4.35. The highest BCUT2D eigenvalue weighted by Gasteiger charge is 2.29. The van der Waals surface area contributed by atoms with Crippen molar-refractivity contribution in [1.82, 2.24) is 4.72 Å². The summed E-state index contributed by atoms with van der Waals surface area (Å²) in [7, 11) is -3.86. The number of sulfonamides is 1. The smallest absolute Gasteiger partial charge is 0.257 e. The van der Waals surface area contributed by atoms with Gasteiger partial charge in [-0.25, -0.2) is 13.1 Å². The maximum Gasteiger partial charge on any atom is 0.257 e. The van der Waals surface area contributed by atoms with Gasteiger partial charge < -0.3 is 10.2 Å². The molecule has 1 aliphatic heterocycles. The largest absolute Gasteiger partial charge is 0.370 e.